The van der Waals surface area contributed by atoms with Gasteiger partial charge in [-0.15, -0.1) is 0 Å². The van der Waals surface area contributed by atoms with Crippen molar-refractivity contribution in [1.29, 1.82) is 0 Å². The minimum Gasteiger partial charge on any atom is -0.489 e. The van der Waals surface area contributed by atoms with E-state index in [1.54, 1.807) is 23.4 Å². The standard InChI is InChI=1S/C22H24FN3O2/c1-6-7-15(4)26-16(5)21-20(22(26)27)13(2)8-19(25-21)17-9-18(11-24-10-17)28-12-14(3)23/h6-11,14,16H,4,12H2,1-3,5H3/b7-6-. The molecule has 0 aromatic carbocycles. The van der Waals surface area contributed by atoms with E-state index in [4.69, 9.17) is 9.72 Å². The maximum absolute atomic E-state index is 13.0. The van der Waals surface area contributed by atoms with Crippen LogP contribution in [-0.2, 0) is 0 Å². The Labute approximate surface area is 164 Å². The van der Waals surface area contributed by atoms with Gasteiger partial charge >= 0.3 is 0 Å². The third kappa shape index (κ3) is 3.67. The predicted molar refractivity (Wildman–Crippen MR) is 107 cm³/mol. The van der Waals surface area contributed by atoms with E-state index in [1.165, 1.54) is 6.92 Å². The zero-order chi connectivity index (χ0) is 20.4. The highest BCUT2D eigenvalue weighted by molar-refractivity contribution is 6.01. The summed E-state index contributed by atoms with van der Waals surface area (Å²) in [6.45, 7) is 11.1. The summed E-state index contributed by atoms with van der Waals surface area (Å²) in [5, 5.41) is 0. The van der Waals surface area contributed by atoms with Gasteiger partial charge in [-0.1, -0.05) is 12.7 Å². The Balaban J connectivity index is 1.98. The first-order valence-electron chi connectivity index (χ1n) is 9.22. The van der Waals surface area contributed by atoms with Crippen molar-refractivity contribution in [2.24, 2.45) is 0 Å². The van der Waals surface area contributed by atoms with E-state index in [2.05, 4.69) is 11.6 Å². The summed E-state index contributed by atoms with van der Waals surface area (Å²) in [6, 6.07) is 3.43. The first kappa shape index (κ1) is 19.7. The number of allylic oxidation sites excluding steroid dienone is 2. The minimum atomic E-state index is -1.06. The van der Waals surface area contributed by atoms with Gasteiger partial charge in [-0.2, -0.15) is 0 Å². The zero-order valence-electron chi connectivity index (χ0n) is 16.6. The van der Waals surface area contributed by atoms with Crippen LogP contribution in [0.4, 0.5) is 4.39 Å². The molecule has 2 aromatic heterocycles. The molecule has 1 aliphatic heterocycles. The molecule has 3 rings (SSSR count). The summed E-state index contributed by atoms with van der Waals surface area (Å²) in [5.41, 5.74) is 4.26. The Kier molecular flexibility index (Phi) is 5.58. The van der Waals surface area contributed by atoms with Crippen molar-refractivity contribution < 1.29 is 13.9 Å². The van der Waals surface area contributed by atoms with E-state index in [-0.39, 0.29) is 18.6 Å². The molecule has 0 fully saturated rings. The van der Waals surface area contributed by atoms with Crippen molar-refractivity contribution in [1.82, 2.24) is 14.9 Å². The van der Waals surface area contributed by atoms with Crippen LogP contribution >= 0.6 is 0 Å². The number of alkyl halides is 1. The molecule has 0 N–H and O–H groups in total. The molecule has 0 radical (unpaired) electrons. The van der Waals surface area contributed by atoms with Crippen molar-refractivity contribution in [3.8, 4) is 17.0 Å². The second kappa shape index (κ2) is 7.92. The second-order valence-corrected chi connectivity index (χ2v) is 6.93. The number of carbonyl (C=O) groups excluding carboxylic acids is 1. The lowest BCUT2D eigenvalue weighted by atomic mass is 10.0. The number of ether oxygens (including phenoxy) is 1. The highest BCUT2D eigenvalue weighted by Crippen LogP contribution is 2.38. The molecular formula is C22H24FN3O2. The number of carbonyl (C=O) groups is 1. The lowest BCUT2D eigenvalue weighted by molar-refractivity contribution is 0.0802. The van der Waals surface area contributed by atoms with Crippen LogP contribution in [0.1, 0.15) is 48.4 Å². The van der Waals surface area contributed by atoms with E-state index in [1.807, 2.05) is 39.0 Å². The van der Waals surface area contributed by atoms with Gasteiger partial charge in [0.05, 0.1) is 29.2 Å². The largest absolute Gasteiger partial charge is 0.489 e. The SMILES string of the molecule is C=C(/C=C\C)N1C(=O)c2c(C)cc(-c3cncc(OCC(C)F)c3)nc2C1C. The van der Waals surface area contributed by atoms with Gasteiger partial charge in [0.2, 0.25) is 0 Å². The molecule has 0 bridgehead atoms. The minimum absolute atomic E-state index is 0.0324. The van der Waals surface area contributed by atoms with Crippen molar-refractivity contribution in [3.05, 3.63) is 65.8 Å². The third-order valence-corrected chi connectivity index (χ3v) is 4.62. The van der Waals surface area contributed by atoms with Crippen LogP contribution in [-0.4, -0.2) is 33.6 Å². The summed E-state index contributed by atoms with van der Waals surface area (Å²) >= 11 is 0. The summed E-state index contributed by atoms with van der Waals surface area (Å²) in [4.78, 5) is 23.5. The first-order chi connectivity index (χ1) is 13.3. The number of hydrogen-bond donors (Lipinski definition) is 0. The monoisotopic (exact) mass is 381 g/mol. The maximum Gasteiger partial charge on any atom is 0.261 e. The van der Waals surface area contributed by atoms with Gasteiger partial charge in [-0.25, -0.2) is 9.37 Å². The van der Waals surface area contributed by atoms with Crippen molar-refractivity contribution in [2.45, 2.75) is 39.9 Å². The van der Waals surface area contributed by atoms with E-state index < -0.39 is 6.17 Å². The molecule has 3 heterocycles. The van der Waals surface area contributed by atoms with Gasteiger partial charge in [-0.3, -0.25) is 9.78 Å². The number of rotatable bonds is 6. The smallest absolute Gasteiger partial charge is 0.261 e. The van der Waals surface area contributed by atoms with Gasteiger partial charge in [-0.05, 0) is 51.5 Å². The maximum atomic E-state index is 13.0. The average Bonchev–Trinajstić information content (AvgIpc) is 2.91. The predicted octanol–water partition coefficient (Wildman–Crippen LogP) is 4.80. The Morgan fingerprint density at radius 3 is 2.86 bits per heavy atom. The van der Waals surface area contributed by atoms with Gasteiger partial charge in [0.25, 0.3) is 5.91 Å². The summed E-state index contributed by atoms with van der Waals surface area (Å²) in [7, 11) is 0. The van der Waals surface area contributed by atoms with E-state index in [0.717, 1.165) is 11.1 Å². The molecule has 5 nitrogen and oxygen atoms in total. The van der Waals surface area contributed by atoms with Crippen molar-refractivity contribution in [2.75, 3.05) is 6.61 Å². The van der Waals surface area contributed by atoms with Crippen LogP contribution in [0.2, 0.25) is 0 Å². The lowest BCUT2D eigenvalue weighted by Crippen LogP contribution is -2.24. The molecule has 1 aliphatic rings. The van der Waals surface area contributed by atoms with Crippen LogP contribution < -0.4 is 4.74 Å². The lowest BCUT2D eigenvalue weighted by Gasteiger charge is -2.21. The molecule has 2 atom stereocenters. The van der Waals surface area contributed by atoms with Crippen molar-refractivity contribution in [3.63, 3.8) is 0 Å². The topological polar surface area (TPSA) is 55.3 Å². The van der Waals surface area contributed by atoms with Crippen molar-refractivity contribution >= 4 is 5.91 Å². The molecule has 0 aliphatic carbocycles. The number of pyridine rings is 2. The first-order valence-corrected chi connectivity index (χ1v) is 9.22. The van der Waals surface area contributed by atoms with Crippen LogP contribution in [0, 0.1) is 6.92 Å². The quantitative estimate of drug-likeness (QED) is 0.675. The number of nitrogens with zero attached hydrogens (tertiary/aromatic N) is 3. The Hall–Kier alpha value is -3.02. The molecule has 2 aromatic rings. The Morgan fingerprint density at radius 2 is 2.18 bits per heavy atom. The number of fused-ring (bicyclic) bond motifs is 1. The molecule has 0 saturated heterocycles. The Morgan fingerprint density at radius 1 is 1.43 bits per heavy atom. The van der Waals surface area contributed by atoms with Gasteiger partial charge in [0.15, 0.2) is 0 Å². The third-order valence-electron chi connectivity index (χ3n) is 4.62. The molecule has 6 heteroatoms. The molecule has 1 amide bonds. The number of aromatic nitrogens is 2. The van der Waals surface area contributed by atoms with E-state index in [9.17, 15) is 9.18 Å². The normalized spacial score (nSPS) is 17.1. The van der Waals surface area contributed by atoms with Gasteiger partial charge < -0.3 is 9.64 Å². The van der Waals surface area contributed by atoms with Gasteiger partial charge in [0.1, 0.15) is 18.5 Å². The van der Waals surface area contributed by atoms with Crippen LogP contribution in [0.3, 0.4) is 0 Å². The average molecular weight is 381 g/mol. The fraction of sp³-hybridized carbons (Fsp3) is 0.318. The number of aryl methyl sites for hydroxylation is 1. The fourth-order valence-corrected chi connectivity index (χ4v) is 3.34. The molecule has 146 valence electrons. The van der Waals surface area contributed by atoms with E-state index in [0.29, 0.717) is 28.4 Å². The van der Waals surface area contributed by atoms with Crippen LogP contribution in [0.15, 0.2) is 49.0 Å². The summed E-state index contributed by atoms with van der Waals surface area (Å²) in [6.07, 6.45) is 5.82. The molecule has 0 spiro atoms. The molecular weight excluding hydrogens is 357 g/mol. The van der Waals surface area contributed by atoms with Gasteiger partial charge in [0, 0.05) is 17.5 Å². The molecule has 2 unspecified atom stereocenters. The summed E-state index contributed by atoms with van der Waals surface area (Å²) < 4.78 is 18.5. The number of hydrogen-bond acceptors (Lipinski definition) is 4. The van der Waals surface area contributed by atoms with E-state index >= 15 is 0 Å². The zero-order valence-corrected chi connectivity index (χ0v) is 16.6. The van der Waals surface area contributed by atoms with Crippen LogP contribution in [0.5, 0.6) is 5.75 Å². The molecule has 0 saturated carbocycles. The highest BCUT2D eigenvalue weighted by Gasteiger charge is 2.37. The number of amides is 1. The molecule has 28 heavy (non-hydrogen) atoms. The second-order valence-electron chi connectivity index (χ2n) is 6.93. The Bertz CT molecular complexity index is 953. The number of halogens is 1. The summed E-state index contributed by atoms with van der Waals surface area (Å²) in [5.74, 6) is 0.392. The fourth-order valence-electron chi connectivity index (χ4n) is 3.34. The van der Waals surface area contributed by atoms with Crippen LogP contribution in [0.25, 0.3) is 11.3 Å². The highest BCUT2D eigenvalue weighted by atomic mass is 19.1.